The lowest BCUT2D eigenvalue weighted by Gasteiger charge is -2.29. The monoisotopic (exact) mass is 461 g/mol. The third-order valence-electron chi connectivity index (χ3n) is 6.21. The predicted molar refractivity (Wildman–Crippen MR) is 128 cm³/mol. The molecule has 176 valence electrons. The quantitative estimate of drug-likeness (QED) is 0.334. The number of hydrogen-bond donors (Lipinski definition) is 4. The molecule has 34 heavy (non-hydrogen) atoms. The Labute approximate surface area is 195 Å². The number of primary amides is 1. The summed E-state index contributed by atoms with van der Waals surface area (Å²) in [5.41, 5.74) is 15.3. The topological polar surface area (TPSA) is 167 Å². The number of nitrogens with two attached hydrogens (primary N) is 2. The van der Waals surface area contributed by atoms with Crippen molar-refractivity contribution in [3.8, 4) is 11.1 Å². The van der Waals surface area contributed by atoms with Gasteiger partial charge in [-0.15, -0.1) is 10.2 Å². The van der Waals surface area contributed by atoms with Crippen molar-refractivity contribution in [1.29, 1.82) is 0 Å². The minimum absolute atomic E-state index is 0.00996. The summed E-state index contributed by atoms with van der Waals surface area (Å²) in [4.78, 5) is 16.6. The molecule has 1 fully saturated rings. The van der Waals surface area contributed by atoms with Gasteiger partial charge in [-0.1, -0.05) is 12.8 Å². The van der Waals surface area contributed by atoms with Crippen molar-refractivity contribution in [2.75, 3.05) is 10.6 Å². The lowest BCUT2D eigenvalue weighted by atomic mass is 9.91. The van der Waals surface area contributed by atoms with Crippen LogP contribution in [0.15, 0.2) is 30.7 Å². The first-order valence-corrected chi connectivity index (χ1v) is 11.2. The summed E-state index contributed by atoms with van der Waals surface area (Å²) in [5, 5.41) is 24.2. The van der Waals surface area contributed by atoms with Crippen LogP contribution in [0.2, 0.25) is 0 Å². The van der Waals surface area contributed by atoms with E-state index in [2.05, 4.69) is 36.0 Å². The van der Waals surface area contributed by atoms with Crippen molar-refractivity contribution in [1.82, 2.24) is 34.7 Å². The molecule has 2 atom stereocenters. The molecule has 5 rings (SSSR count). The van der Waals surface area contributed by atoms with E-state index in [0.29, 0.717) is 11.6 Å². The summed E-state index contributed by atoms with van der Waals surface area (Å²) in [6, 6.07) is 4.05. The standard InChI is InChI=1S/C22H27N11O/c1-32-11-13(9-25-32)12-7-17(14-10-26-33(2)18(14)8-12)27-21-19(20(24)34)30-31-22(29-21)28-16-6-4-3-5-15(16)23/h7-11,15-16H,3-6,23H2,1-2H3,(H2,24,34)(H2,27,28,29,31)/t15-,16+/m0/s1. The third kappa shape index (κ3) is 4.15. The maximum absolute atomic E-state index is 12.1. The third-order valence-corrected chi connectivity index (χ3v) is 6.21. The van der Waals surface area contributed by atoms with Gasteiger partial charge in [-0.3, -0.25) is 14.2 Å². The maximum Gasteiger partial charge on any atom is 0.273 e. The van der Waals surface area contributed by atoms with E-state index < -0.39 is 5.91 Å². The number of benzene rings is 1. The highest BCUT2D eigenvalue weighted by atomic mass is 16.1. The number of fused-ring (bicyclic) bond motifs is 1. The first-order valence-electron chi connectivity index (χ1n) is 11.2. The number of carbonyl (C=O) groups excluding carboxylic acids is 1. The van der Waals surface area contributed by atoms with Gasteiger partial charge in [-0.05, 0) is 30.5 Å². The molecule has 3 heterocycles. The Bertz CT molecular complexity index is 1360. The van der Waals surface area contributed by atoms with Gasteiger partial charge in [-0.2, -0.15) is 15.2 Å². The lowest BCUT2D eigenvalue weighted by molar-refractivity contribution is 0.0995. The zero-order valence-corrected chi connectivity index (χ0v) is 19.1. The first-order chi connectivity index (χ1) is 16.4. The van der Waals surface area contributed by atoms with Crippen LogP contribution in [0.3, 0.4) is 0 Å². The number of rotatable bonds is 6. The Kier molecular flexibility index (Phi) is 5.57. The summed E-state index contributed by atoms with van der Waals surface area (Å²) in [7, 11) is 3.74. The minimum atomic E-state index is -0.728. The summed E-state index contributed by atoms with van der Waals surface area (Å²) >= 11 is 0. The first kappa shape index (κ1) is 21.8. The molecule has 12 heteroatoms. The van der Waals surface area contributed by atoms with Crippen LogP contribution in [0.1, 0.15) is 36.2 Å². The average molecular weight is 462 g/mol. The molecule has 0 bridgehead atoms. The van der Waals surface area contributed by atoms with Crippen molar-refractivity contribution in [3.63, 3.8) is 0 Å². The molecule has 6 N–H and O–H groups in total. The zero-order chi connectivity index (χ0) is 23.8. The van der Waals surface area contributed by atoms with Crippen LogP contribution in [0.4, 0.5) is 17.5 Å². The molecule has 1 aliphatic carbocycles. The Morgan fingerprint density at radius 1 is 1.09 bits per heavy atom. The molecule has 4 aromatic rings. The second kappa shape index (κ2) is 8.71. The molecule has 0 saturated heterocycles. The molecule has 1 aliphatic rings. The Morgan fingerprint density at radius 2 is 1.91 bits per heavy atom. The number of carbonyl (C=O) groups is 1. The molecular formula is C22H27N11O. The molecule has 1 saturated carbocycles. The van der Waals surface area contributed by atoms with Gasteiger partial charge in [0, 0.05) is 43.3 Å². The summed E-state index contributed by atoms with van der Waals surface area (Å²) in [6.07, 6.45) is 9.53. The smallest absolute Gasteiger partial charge is 0.273 e. The van der Waals surface area contributed by atoms with Crippen LogP contribution in [0, 0.1) is 0 Å². The number of aromatic nitrogens is 7. The zero-order valence-electron chi connectivity index (χ0n) is 19.1. The molecule has 12 nitrogen and oxygen atoms in total. The van der Waals surface area contributed by atoms with Crippen molar-refractivity contribution >= 4 is 34.3 Å². The predicted octanol–water partition coefficient (Wildman–Crippen LogP) is 1.68. The van der Waals surface area contributed by atoms with Gasteiger partial charge in [0.1, 0.15) is 0 Å². The molecule has 0 aliphatic heterocycles. The van der Waals surface area contributed by atoms with Gasteiger partial charge in [0.25, 0.3) is 5.91 Å². The van der Waals surface area contributed by atoms with Crippen molar-refractivity contribution in [2.24, 2.45) is 25.6 Å². The van der Waals surface area contributed by atoms with Gasteiger partial charge < -0.3 is 22.1 Å². The number of nitrogens with one attached hydrogen (secondary N) is 2. The molecule has 1 aromatic carbocycles. The van der Waals surface area contributed by atoms with E-state index in [1.165, 1.54) is 0 Å². The van der Waals surface area contributed by atoms with E-state index in [1.54, 1.807) is 21.8 Å². The Morgan fingerprint density at radius 3 is 2.65 bits per heavy atom. The second-order valence-corrected chi connectivity index (χ2v) is 8.65. The normalized spacial score (nSPS) is 18.2. The van der Waals surface area contributed by atoms with E-state index in [0.717, 1.165) is 47.7 Å². The van der Waals surface area contributed by atoms with Crippen molar-refractivity contribution in [2.45, 2.75) is 37.8 Å². The molecule has 1 amide bonds. The Hall–Kier alpha value is -4.06. The van der Waals surface area contributed by atoms with E-state index >= 15 is 0 Å². The number of aryl methyl sites for hydroxylation is 2. The van der Waals surface area contributed by atoms with E-state index in [1.807, 2.05) is 32.4 Å². The maximum atomic E-state index is 12.1. The van der Waals surface area contributed by atoms with Gasteiger partial charge in [0.2, 0.25) is 5.95 Å². The van der Waals surface area contributed by atoms with Crippen molar-refractivity contribution < 1.29 is 4.79 Å². The van der Waals surface area contributed by atoms with Gasteiger partial charge in [0.15, 0.2) is 11.5 Å². The number of hydrogen-bond acceptors (Lipinski definition) is 9. The van der Waals surface area contributed by atoms with Crippen LogP contribution < -0.4 is 22.1 Å². The fourth-order valence-corrected chi connectivity index (χ4v) is 4.36. The van der Waals surface area contributed by atoms with E-state index in [9.17, 15) is 4.79 Å². The minimum Gasteiger partial charge on any atom is -0.364 e. The number of anilines is 3. The lowest BCUT2D eigenvalue weighted by Crippen LogP contribution is -2.43. The van der Waals surface area contributed by atoms with Crippen LogP contribution in [0.25, 0.3) is 22.0 Å². The summed E-state index contributed by atoms with van der Waals surface area (Å²) in [5.74, 6) is -0.224. The molecular weight excluding hydrogens is 434 g/mol. The van der Waals surface area contributed by atoms with Crippen molar-refractivity contribution in [3.05, 3.63) is 36.4 Å². The fraction of sp³-hybridized carbons (Fsp3) is 0.364. The highest BCUT2D eigenvalue weighted by molar-refractivity contribution is 6.00. The molecule has 3 aromatic heterocycles. The van der Waals surface area contributed by atoms with Crippen LogP contribution in [-0.4, -0.2) is 52.7 Å². The second-order valence-electron chi connectivity index (χ2n) is 8.65. The van der Waals surface area contributed by atoms with Crippen LogP contribution >= 0.6 is 0 Å². The van der Waals surface area contributed by atoms with Gasteiger partial charge >= 0.3 is 0 Å². The summed E-state index contributed by atoms with van der Waals surface area (Å²) in [6.45, 7) is 0. The average Bonchev–Trinajstić information content (AvgIpc) is 3.41. The van der Waals surface area contributed by atoms with E-state index in [-0.39, 0.29) is 23.6 Å². The SMILES string of the molecule is Cn1cc(-c2cc(Nc3nc(N[C@@H]4CCCC[C@@H]4N)nnc3C(N)=O)c3cnn(C)c3c2)cn1. The summed E-state index contributed by atoms with van der Waals surface area (Å²) < 4.78 is 3.52. The fourth-order valence-electron chi connectivity index (χ4n) is 4.36. The highest BCUT2D eigenvalue weighted by Crippen LogP contribution is 2.33. The highest BCUT2D eigenvalue weighted by Gasteiger charge is 2.24. The molecule has 0 unspecified atom stereocenters. The van der Waals surface area contributed by atoms with Crippen LogP contribution in [-0.2, 0) is 14.1 Å². The number of nitrogens with zero attached hydrogens (tertiary/aromatic N) is 7. The number of amides is 1. The van der Waals surface area contributed by atoms with E-state index in [4.69, 9.17) is 11.5 Å². The van der Waals surface area contributed by atoms with Gasteiger partial charge in [-0.25, -0.2) is 0 Å². The van der Waals surface area contributed by atoms with Gasteiger partial charge in [0.05, 0.1) is 23.6 Å². The molecule has 0 radical (unpaired) electrons. The largest absolute Gasteiger partial charge is 0.364 e. The van der Waals surface area contributed by atoms with Crippen LogP contribution in [0.5, 0.6) is 0 Å². The Balaban J connectivity index is 1.55. The molecule has 0 spiro atoms.